The minimum Gasteiger partial charge on any atom is -0.376 e. The van der Waals surface area contributed by atoms with Gasteiger partial charge in [0.2, 0.25) is 11.8 Å². The number of hydrogen-bond acceptors (Lipinski definition) is 5. The summed E-state index contributed by atoms with van der Waals surface area (Å²) in [5.74, 6) is -2.66. The van der Waals surface area contributed by atoms with E-state index < -0.39 is 5.92 Å². The summed E-state index contributed by atoms with van der Waals surface area (Å²) in [6, 6.07) is 7.37. The lowest BCUT2D eigenvalue weighted by atomic mass is 9.65. The number of nitrogens with zero attached hydrogens (tertiary/aromatic N) is 3. The highest BCUT2D eigenvalue weighted by Crippen LogP contribution is 2.57. The molecule has 1 unspecified atom stereocenters. The second kappa shape index (κ2) is 7.21. The first-order valence-corrected chi connectivity index (χ1v) is 9.31. The maximum absolute atomic E-state index is 13.2. The summed E-state index contributed by atoms with van der Waals surface area (Å²) in [6.45, 7) is 1.11. The maximum atomic E-state index is 13.2. The summed E-state index contributed by atoms with van der Waals surface area (Å²) in [4.78, 5) is 11.7. The van der Waals surface area contributed by atoms with Crippen molar-refractivity contribution in [2.45, 2.75) is 37.8 Å². The number of carbonyl (C=O) groups is 1. The third kappa shape index (κ3) is 4.05. The van der Waals surface area contributed by atoms with Crippen molar-refractivity contribution >= 4 is 11.6 Å². The van der Waals surface area contributed by atoms with E-state index in [1.165, 1.54) is 0 Å². The van der Waals surface area contributed by atoms with E-state index in [1.807, 2.05) is 24.3 Å². The molecule has 7 nitrogen and oxygen atoms in total. The molecule has 1 aliphatic carbocycles. The third-order valence-electron chi connectivity index (χ3n) is 5.26. The van der Waals surface area contributed by atoms with E-state index in [2.05, 4.69) is 20.9 Å². The van der Waals surface area contributed by atoms with Crippen LogP contribution in [0.25, 0.3) is 11.3 Å². The summed E-state index contributed by atoms with van der Waals surface area (Å²) in [6.07, 6.45) is 2.15. The second-order valence-electron chi connectivity index (χ2n) is 7.83. The fourth-order valence-electron chi connectivity index (χ4n) is 4.16. The quantitative estimate of drug-likeness (QED) is 0.790. The first-order valence-electron chi connectivity index (χ1n) is 9.31. The number of amides is 1. The molecular formula is C19H23F2N5O2. The van der Waals surface area contributed by atoms with Crippen LogP contribution in [0.4, 0.5) is 14.5 Å². The zero-order valence-corrected chi connectivity index (χ0v) is 15.6. The molecule has 4 rings (SSSR count). The lowest BCUT2D eigenvalue weighted by Crippen LogP contribution is -2.46. The van der Waals surface area contributed by atoms with Gasteiger partial charge in [0.25, 0.3) is 0 Å². The van der Waals surface area contributed by atoms with Crippen molar-refractivity contribution in [3.8, 4) is 11.3 Å². The van der Waals surface area contributed by atoms with Crippen molar-refractivity contribution in [3.05, 3.63) is 30.5 Å². The Balaban J connectivity index is 1.38. The Morgan fingerprint density at radius 2 is 2.21 bits per heavy atom. The van der Waals surface area contributed by atoms with E-state index in [0.29, 0.717) is 31.0 Å². The van der Waals surface area contributed by atoms with Crippen molar-refractivity contribution in [1.82, 2.24) is 20.3 Å². The van der Waals surface area contributed by atoms with Gasteiger partial charge in [0, 0.05) is 29.5 Å². The molecule has 0 radical (unpaired) electrons. The number of halogens is 2. The molecule has 2 N–H and O–H groups in total. The zero-order valence-electron chi connectivity index (χ0n) is 15.6. The van der Waals surface area contributed by atoms with Gasteiger partial charge in [-0.25, -0.2) is 13.5 Å². The normalized spacial score (nSPS) is 22.2. The third-order valence-corrected chi connectivity index (χ3v) is 5.26. The average molecular weight is 391 g/mol. The van der Waals surface area contributed by atoms with Crippen LogP contribution in [0.1, 0.15) is 19.3 Å². The molecule has 9 heteroatoms. The first kappa shape index (κ1) is 18.9. The van der Waals surface area contributed by atoms with Crippen molar-refractivity contribution in [2.24, 2.45) is 5.41 Å². The molecule has 150 valence electrons. The summed E-state index contributed by atoms with van der Waals surface area (Å²) in [7, 11) is 1.71. The average Bonchev–Trinajstić information content (AvgIpc) is 3.22. The van der Waals surface area contributed by atoms with Crippen LogP contribution in [-0.2, 0) is 16.1 Å². The van der Waals surface area contributed by atoms with Crippen molar-refractivity contribution < 1.29 is 18.3 Å². The fourth-order valence-corrected chi connectivity index (χ4v) is 4.16. The number of likely N-dealkylation sites (N-methyl/N-ethyl adjacent to an activating group) is 1. The zero-order chi connectivity index (χ0) is 19.8. The predicted octanol–water partition coefficient (Wildman–Crippen LogP) is 2.31. The summed E-state index contributed by atoms with van der Waals surface area (Å²) in [5, 5.41) is 13.9. The Kier molecular flexibility index (Phi) is 4.88. The molecule has 1 saturated heterocycles. The van der Waals surface area contributed by atoms with Crippen LogP contribution in [0, 0.1) is 5.41 Å². The lowest BCUT2D eigenvalue weighted by Gasteiger charge is -2.43. The molecule has 28 heavy (non-hydrogen) atoms. The molecule has 1 spiro atoms. The molecule has 1 amide bonds. The van der Waals surface area contributed by atoms with Gasteiger partial charge in [0.15, 0.2) is 0 Å². The number of aromatic nitrogens is 3. The molecule has 2 heterocycles. The molecule has 2 aliphatic rings. The van der Waals surface area contributed by atoms with Gasteiger partial charge < -0.3 is 15.4 Å². The molecule has 2 aromatic rings. The van der Waals surface area contributed by atoms with Crippen molar-refractivity contribution in [1.29, 1.82) is 0 Å². The van der Waals surface area contributed by atoms with Gasteiger partial charge in [-0.3, -0.25) is 4.79 Å². The summed E-state index contributed by atoms with van der Waals surface area (Å²) in [5.41, 5.74) is 1.82. The number of rotatable bonds is 6. The van der Waals surface area contributed by atoms with Gasteiger partial charge in [0.05, 0.1) is 32.0 Å². The number of hydrogen-bond donors (Lipinski definition) is 2. The maximum Gasteiger partial charge on any atom is 0.249 e. The van der Waals surface area contributed by atoms with E-state index in [0.717, 1.165) is 5.56 Å². The van der Waals surface area contributed by atoms with Crippen LogP contribution < -0.4 is 10.6 Å². The van der Waals surface area contributed by atoms with Gasteiger partial charge in [-0.15, -0.1) is 5.10 Å². The highest BCUT2D eigenvalue weighted by Gasteiger charge is 2.59. The summed E-state index contributed by atoms with van der Waals surface area (Å²) < 4.78 is 33.9. The molecular weight excluding hydrogens is 368 g/mol. The Hall–Kier alpha value is -2.39. The number of nitrogens with one attached hydrogen (secondary N) is 2. The highest BCUT2D eigenvalue weighted by molar-refractivity contribution is 5.92. The van der Waals surface area contributed by atoms with E-state index >= 15 is 0 Å². The van der Waals surface area contributed by atoms with Gasteiger partial charge in [-0.2, -0.15) is 0 Å². The van der Waals surface area contributed by atoms with Crippen LogP contribution in [0.5, 0.6) is 0 Å². The number of anilines is 1. The Bertz CT molecular complexity index is 862. The predicted molar refractivity (Wildman–Crippen MR) is 99.0 cm³/mol. The monoisotopic (exact) mass is 391 g/mol. The van der Waals surface area contributed by atoms with E-state index in [4.69, 9.17) is 4.74 Å². The molecule has 1 aromatic heterocycles. The molecule has 1 aromatic carbocycles. The van der Waals surface area contributed by atoms with Crippen LogP contribution >= 0.6 is 0 Å². The lowest BCUT2D eigenvalue weighted by molar-refractivity contribution is -0.160. The van der Waals surface area contributed by atoms with Crippen LogP contribution in [0.15, 0.2) is 30.5 Å². The number of ether oxygens (including phenoxy) is 1. The smallest absolute Gasteiger partial charge is 0.249 e. The van der Waals surface area contributed by atoms with E-state index in [-0.39, 0.29) is 36.8 Å². The van der Waals surface area contributed by atoms with Gasteiger partial charge in [0.1, 0.15) is 5.69 Å². The Morgan fingerprint density at radius 3 is 2.96 bits per heavy atom. The minimum absolute atomic E-state index is 0.0782. The Labute approximate surface area is 161 Å². The topological polar surface area (TPSA) is 81.1 Å². The SMILES string of the molecule is CNCC(=O)Nc1cccc(-c2cn(CC3CC4(CO3)CC(F)(F)C4)nn2)c1. The van der Waals surface area contributed by atoms with Crippen molar-refractivity contribution in [3.63, 3.8) is 0 Å². The molecule has 2 fully saturated rings. The standard InChI is InChI=1S/C19H23F2N5O2/c1-22-7-17(27)23-14-4-2-3-13(5-14)16-9-26(25-24-16)8-15-6-18(12-28-15)10-19(20,21)11-18/h2-5,9,15,22H,6-8,10-12H2,1H3,(H,23,27). The van der Waals surface area contributed by atoms with Crippen LogP contribution in [0.3, 0.4) is 0 Å². The van der Waals surface area contributed by atoms with Gasteiger partial charge >= 0.3 is 0 Å². The highest BCUT2D eigenvalue weighted by atomic mass is 19.3. The molecule has 0 bridgehead atoms. The number of benzene rings is 1. The summed E-state index contributed by atoms with van der Waals surface area (Å²) >= 11 is 0. The van der Waals surface area contributed by atoms with E-state index in [1.54, 1.807) is 17.9 Å². The van der Waals surface area contributed by atoms with E-state index in [9.17, 15) is 13.6 Å². The van der Waals surface area contributed by atoms with Crippen LogP contribution in [-0.4, -0.2) is 53.1 Å². The van der Waals surface area contributed by atoms with Crippen molar-refractivity contribution in [2.75, 3.05) is 25.5 Å². The Morgan fingerprint density at radius 1 is 1.39 bits per heavy atom. The van der Waals surface area contributed by atoms with Crippen LogP contribution in [0.2, 0.25) is 0 Å². The number of carbonyl (C=O) groups excluding carboxylic acids is 1. The molecule has 1 atom stereocenters. The molecule has 1 aliphatic heterocycles. The van der Waals surface area contributed by atoms with Gasteiger partial charge in [-0.1, -0.05) is 17.3 Å². The first-order chi connectivity index (χ1) is 13.4. The fraction of sp³-hybridized carbons (Fsp3) is 0.526. The molecule has 1 saturated carbocycles. The second-order valence-corrected chi connectivity index (χ2v) is 7.83. The minimum atomic E-state index is -2.54. The number of alkyl halides is 2. The van der Waals surface area contributed by atoms with Gasteiger partial charge in [-0.05, 0) is 25.6 Å². The largest absolute Gasteiger partial charge is 0.376 e.